The molecule has 0 atom stereocenters. The van der Waals surface area contributed by atoms with E-state index in [1.807, 2.05) is 13.8 Å². The predicted octanol–water partition coefficient (Wildman–Crippen LogP) is 1.54. The zero-order valence-corrected chi connectivity index (χ0v) is 5.87. The van der Waals surface area contributed by atoms with E-state index in [1.165, 1.54) is 0 Å². The SMILES string of the molecule is CC(C)N(N=O)C1CC1. The van der Waals surface area contributed by atoms with Gasteiger partial charge in [-0.1, -0.05) is 0 Å². The molecule has 0 heterocycles. The maximum absolute atomic E-state index is 10.1. The molecule has 0 unspecified atom stereocenters. The summed E-state index contributed by atoms with van der Waals surface area (Å²) in [6, 6.07) is 0.734. The second-order valence-corrected chi connectivity index (χ2v) is 2.79. The van der Waals surface area contributed by atoms with Gasteiger partial charge in [-0.2, -0.15) is 0 Å². The van der Waals surface area contributed by atoms with Crippen LogP contribution < -0.4 is 0 Å². The summed E-state index contributed by atoms with van der Waals surface area (Å²) in [5.74, 6) is 0. The van der Waals surface area contributed by atoms with Crippen LogP contribution in [0.4, 0.5) is 0 Å². The second kappa shape index (κ2) is 2.33. The van der Waals surface area contributed by atoms with E-state index in [2.05, 4.69) is 5.29 Å². The highest BCUT2D eigenvalue weighted by Gasteiger charge is 2.30. The van der Waals surface area contributed by atoms with E-state index in [1.54, 1.807) is 5.01 Å². The standard InChI is InChI=1S/C6H12N2O/c1-5(2)8(7-9)6-3-4-6/h5-6H,3-4H2,1-2H3. The highest BCUT2D eigenvalue weighted by molar-refractivity contribution is 4.83. The average Bonchev–Trinajstić information content (AvgIpc) is 2.50. The fourth-order valence-electron chi connectivity index (χ4n) is 0.922. The lowest BCUT2D eigenvalue weighted by molar-refractivity contribution is 0.218. The Hall–Kier alpha value is -0.600. The number of hydrogen-bond acceptors (Lipinski definition) is 2. The quantitative estimate of drug-likeness (QED) is 0.426. The smallest absolute Gasteiger partial charge is 0.0529 e. The molecule has 0 N–H and O–H groups in total. The lowest BCUT2D eigenvalue weighted by Gasteiger charge is -2.17. The molecule has 52 valence electrons. The second-order valence-electron chi connectivity index (χ2n) is 2.79. The molecule has 0 aromatic carbocycles. The van der Waals surface area contributed by atoms with Gasteiger partial charge in [0.15, 0.2) is 0 Å². The third kappa shape index (κ3) is 1.40. The Morgan fingerprint density at radius 3 is 2.22 bits per heavy atom. The minimum Gasteiger partial charge on any atom is -0.255 e. The van der Waals surface area contributed by atoms with E-state index >= 15 is 0 Å². The van der Waals surface area contributed by atoms with Gasteiger partial charge in [-0.15, -0.1) is 4.91 Å². The molecule has 0 aromatic rings. The van der Waals surface area contributed by atoms with Crippen LogP contribution in [0.25, 0.3) is 0 Å². The van der Waals surface area contributed by atoms with Crippen LogP contribution >= 0.6 is 0 Å². The Labute approximate surface area is 55.0 Å². The number of rotatable bonds is 3. The van der Waals surface area contributed by atoms with Crippen LogP contribution in [0.5, 0.6) is 0 Å². The monoisotopic (exact) mass is 128 g/mol. The average molecular weight is 128 g/mol. The summed E-state index contributed by atoms with van der Waals surface area (Å²) in [5, 5.41) is 4.57. The molecule has 1 saturated carbocycles. The zero-order valence-electron chi connectivity index (χ0n) is 5.87. The summed E-state index contributed by atoms with van der Waals surface area (Å²) in [5.41, 5.74) is 0. The maximum atomic E-state index is 10.1. The van der Waals surface area contributed by atoms with Crippen molar-refractivity contribution in [2.75, 3.05) is 0 Å². The fraction of sp³-hybridized carbons (Fsp3) is 1.00. The highest BCUT2D eigenvalue weighted by Crippen LogP contribution is 2.28. The molecule has 3 heteroatoms. The molecule has 1 rings (SSSR count). The Bertz CT molecular complexity index is 108. The first-order valence-electron chi connectivity index (χ1n) is 3.37. The van der Waals surface area contributed by atoms with Crippen LogP contribution in [0.15, 0.2) is 5.29 Å². The number of hydrogen-bond donors (Lipinski definition) is 0. The van der Waals surface area contributed by atoms with Crippen molar-refractivity contribution in [1.29, 1.82) is 0 Å². The van der Waals surface area contributed by atoms with Gasteiger partial charge in [-0.05, 0) is 26.7 Å². The van der Waals surface area contributed by atoms with Crippen molar-refractivity contribution in [1.82, 2.24) is 5.01 Å². The van der Waals surface area contributed by atoms with Gasteiger partial charge in [0.1, 0.15) is 0 Å². The van der Waals surface area contributed by atoms with Crippen molar-refractivity contribution in [2.24, 2.45) is 5.29 Å². The molecule has 0 saturated heterocycles. The van der Waals surface area contributed by atoms with Crippen molar-refractivity contribution < 1.29 is 0 Å². The molecule has 0 amide bonds. The van der Waals surface area contributed by atoms with Gasteiger partial charge in [0, 0.05) is 6.04 Å². The molecule has 0 aliphatic heterocycles. The van der Waals surface area contributed by atoms with Crippen molar-refractivity contribution in [3.05, 3.63) is 4.91 Å². The van der Waals surface area contributed by atoms with Gasteiger partial charge in [-0.3, -0.25) is 5.01 Å². The summed E-state index contributed by atoms with van der Waals surface area (Å²) < 4.78 is 0. The molecule has 0 radical (unpaired) electrons. The van der Waals surface area contributed by atoms with E-state index in [0.717, 1.165) is 12.8 Å². The van der Waals surface area contributed by atoms with Gasteiger partial charge in [0.2, 0.25) is 0 Å². The summed E-state index contributed by atoms with van der Waals surface area (Å²) in [6.45, 7) is 3.97. The molecule has 0 spiro atoms. The molecule has 1 aliphatic rings. The Morgan fingerprint density at radius 1 is 1.56 bits per heavy atom. The molecule has 0 aromatic heterocycles. The molecular formula is C6H12N2O. The molecule has 3 nitrogen and oxygen atoms in total. The van der Waals surface area contributed by atoms with E-state index in [0.29, 0.717) is 6.04 Å². The summed E-state index contributed by atoms with van der Waals surface area (Å²) in [4.78, 5) is 10.1. The Balaban J connectivity index is 2.37. The molecule has 9 heavy (non-hydrogen) atoms. The van der Waals surface area contributed by atoms with Crippen molar-refractivity contribution in [3.8, 4) is 0 Å². The van der Waals surface area contributed by atoms with Gasteiger partial charge >= 0.3 is 0 Å². The van der Waals surface area contributed by atoms with Crippen LogP contribution in [-0.4, -0.2) is 17.1 Å². The van der Waals surface area contributed by atoms with Gasteiger partial charge < -0.3 is 0 Å². The van der Waals surface area contributed by atoms with Crippen molar-refractivity contribution in [2.45, 2.75) is 38.8 Å². The molecule has 1 aliphatic carbocycles. The molecule has 0 bridgehead atoms. The van der Waals surface area contributed by atoms with Crippen LogP contribution in [0.3, 0.4) is 0 Å². The van der Waals surface area contributed by atoms with E-state index in [9.17, 15) is 4.91 Å². The summed E-state index contributed by atoms with van der Waals surface area (Å²) in [7, 11) is 0. The number of nitroso groups, excluding NO2 is 1. The number of nitrogens with zero attached hydrogens (tertiary/aromatic N) is 2. The van der Waals surface area contributed by atoms with Crippen molar-refractivity contribution >= 4 is 0 Å². The van der Waals surface area contributed by atoms with Crippen LogP contribution in [-0.2, 0) is 0 Å². The predicted molar refractivity (Wildman–Crippen MR) is 35.8 cm³/mol. The van der Waals surface area contributed by atoms with E-state index < -0.39 is 0 Å². The molecule has 1 fully saturated rings. The largest absolute Gasteiger partial charge is 0.255 e. The minimum absolute atomic E-state index is 0.273. The topological polar surface area (TPSA) is 32.7 Å². The van der Waals surface area contributed by atoms with Gasteiger partial charge in [0.05, 0.1) is 11.3 Å². The van der Waals surface area contributed by atoms with Crippen LogP contribution in [0, 0.1) is 4.91 Å². The normalized spacial score (nSPS) is 18.1. The summed E-state index contributed by atoms with van der Waals surface area (Å²) in [6.07, 6.45) is 2.29. The Kier molecular flexibility index (Phi) is 1.69. The fourth-order valence-corrected chi connectivity index (χ4v) is 0.922. The zero-order chi connectivity index (χ0) is 6.85. The lowest BCUT2D eigenvalue weighted by Crippen LogP contribution is -2.26. The molecular weight excluding hydrogens is 116 g/mol. The lowest BCUT2D eigenvalue weighted by atomic mass is 10.4. The highest BCUT2D eigenvalue weighted by atomic mass is 16.3. The first kappa shape index (κ1) is 6.52. The van der Waals surface area contributed by atoms with Crippen LogP contribution in [0.2, 0.25) is 0 Å². The minimum atomic E-state index is 0.273. The maximum Gasteiger partial charge on any atom is 0.0529 e. The first-order valence-corrected chi connectivity index (χ1v) is 3.37. The summed E-state index contributed by atoms with van der Waals surface area (Å²) >= 11 is 0. The third-order valence-electron chi connectivity index (χ3n) is 1.54. The van der Waals surface area contributed by atoms with Crippen LogP contribution in [0.1, 0.15) is 26.7 Å². The van der Waals surface area contributed by atoms with E-state index in [4.69, 9.17) is 0 Å². The first-order chi connectivity index (χ1) is 4.25. The van der Waals surface area contributed by atoms with Gasteiger partial charge in [0.25, 0.3) is 0 Å². The van der Waals surface area contributed by atoms with E-state index in [-0.39, 0.29) is 6.04 Å². The van der Waals surface area contributed by atoms with Crippen molar-refractivity contribution in [3.63, 3.8) is 0 Å². The van der Waals surface area contributed by atoms with Gasteiger partial charge in [-0.25, -0.2) is 0 Å². The Morgan fingerprint density at radius 2 is 2.11 bits per heavy atom. The third-order valence-corrected chi connectivity index (χ3v) is 1.54.